The van der Waals surface area contributed by atoms with Crippen molar-refractivity contribution >= 4 is 21.9 Å². The minimum absolute atomic E-state index is 0.466. The molecule has 0 saturated carbocycles. The van der Waals surface area contributed by atoms with Crippen LogP contribution in [0.15, 0.2) is 72.8 Å². The second-order valence-corrected chi connectivity index (χ2v) is 8.02. The van der Waals surface area contributed by atoms with Crippen molar-refractivity contribution < 1.29 is 17.7 Å². The Morgan fingerprint density at radius 3 is 2.34 bits per heavy atom. The highest BCUT2D eigenvalue weighted by atomic mass is 19.4. The van der Waals surface area contributed by atoms with Gasteiger partial charge >= 0.3 is 6.18 Å². The van der Waals surface area contributed by atoms with E-state index in [1.54, 1.807) is 0 Å². The molecule has 5 aromatic rings. The first-order valence-corrected chi connectivity index (χ1v) is 10.3. The average molecular weight is 432 g/mol. The Kier molecular flexibility index (Phi) is 4.55. The molecule has 0 spiro atoms. The third-order valence-electron chi connectivity index (χ3n) is 6.01. The highest BCUT2D eigenvalue weighted by Crippen LogP contribution is 2.36. The number of benzene rings is 3. The lowest BCUT2D eigenvalue weighted by atomic mass is 10.00. The zero-order chi connectivity index (χ0) is 22.6. The summed E-state index contributed by atoms with van der Waals surface area (Å²) in [4.78, 5) is 4.67. The summed E-state index contributed by atoms with van der Waals surface area (Å²) < 4.78 is 45.7. The fourth-order valence-corrected chi connectivity index (χ4v) is 4.34. The molecule has 0 bridgehead atoms. The molecular weight excluding hydrogens is 411 g/mol. The first-order valence-electron chi connectivity index (χ1n) is 10.3. The molecule has 0 fully saturated rings. The van der Waals surface area contributed by atoms with Crippen LogP contribution in [0, 0.1) is 13.8 Å². The number of hydrogen-bond acceptors (Lipinski definition) is 1. The summed E-state index contributed by atoms with van der Waals surface area (Å²) in [5.74, 6) is 0.509. The van der Waals surface area contributed by atoms with Crippen molar-refractivity contribution in [2.24, 2.45) is 7.05 Å². The van der Waals surface area contributed by atoms with Crippen molar-refractivity contribution in [3.63, 3.8) is 0 Å². The van der Waals surface area contributed by atoms with Crippen molar-refractivity contribution in [2.75, 3.05) is 0 Å². The molecule has 0 aliphatic rings. The Bertz CT molecular complexity index is 1500. The molecule has 6 heteroatoms. The van der Waals surface area contributed by atoms with E-state index in [1.165, 1.54) is 12.1 Å². The Morgan fingerprint density at radius 2 is 1.59 bits per heavy atom. The summed E-state index contributed by atoms with van der Waals surface area (Å²) >= 11 is 0. The number of para-hydroxylation sites is 3. The van der Waals surface area contributed by atoms with Gasteiger partial charge in [0, 0.05) is 48.7 Å². The Morgan fingerprint density at radius 1 is 0.875 bits per heavy atom. The fourth-order valence-electron chi connectivity index (χ4n) is 4.34. The molecular formula is C26H21F3N3+. The summed E-state index contributed by atoms with van der Waals surface area (Å²) in [6.07, 6.45) is -4.49. The molecule has 0 aliphatic carbocycles. The van der Waals surface area contributed by atoms with E-state index in [2.05, 4.69) is 4.98 Å². The number of aryl methyl sites for hydroxylation is 2. The third kappa shape index (κ3) is 3.14. The number of aromatic nitrogens is 3. The van der Waals surface area contributed by atoms with Crippen LogP contribution in [-0.4, -0.2) is 9.55 Å². The van der Waals surface area contributed by atoms with Crippen molar-refractivity contribution in [3.8, 4) is 17.1 Å². The van der Waals surface area contributed by atoms with Crippen LogP contribution >= 0.6 is 0 Å². The summed E-state index contributed by atoms with van der Waals surface area (Å²) in [5, 5.41) is 0.958. The number of halogens is 3. The average Bonchev–Trinajstić information content (AvgIpc) is 3.10. The zero-order valence-electron chi connectivity index (χ0n) is 17.9. The maximum Gasteiger partial charge on any atom is 0.416 e. The second-order valence-electron chi connectivity index (χ2n) is 8.02. The molecule has 3 nitrogen and oxygen atoms in total. The number of hydrogen-bond donors (Lipinski definition) is 0. The van der Waals surface area contributed by atoms with E-state index < -0.39 is 11.7 Å². The van der Waals surface area contributed by atoms with Crippen LogP contribution in [0.25, 0.3) is 39.0 Å². The fraction of sp³-hybridized carbons (Fsp3) is 0.154. The Hall–Kier alpha value is -3.67. The van der Waals surface area contributed by atoms with E-state index in [9.17, 15) is 13.2 Å². The van der Waals surface area contributed by atoms with Crippen LogP contribution in [0.5, 0.6) is 0 Å². The smallest absolute Gasteiger partial charge is 0.327 e. The monoisotopic (exact) mass is 432 g/mol. The maximum absolute atomic E-state index is 14.0. The summed E-state index contributed by atoms with van der Waals surface area (Å²) in [5.41, 5.74) is 4.32. The molecule has 0 atom stereocenters. The van der Waals surface area contributed by atoms with E-state index in [4.69, 9.17) is 0 Å². The number of nitrogens with zero attached hydrogens (tertiary/aromatic N) is 3. The van der Waals surface area contributed by atoms with Gasteiger partial charge in [0.25, 0.3) is 0 Å². The zero-order valence-corrected chi connectivity index (χ0v) is 17.9. The van der Waals surface area contributed by atoms with Crippen LogP contribution in [0.4, 0.5) is 13.2 Å². The van der Waals surface area contributed by atoms with E-state index >= 15 is 0 Å². The summed E-state index contributed by atoms with van der Waals surface area (Å²) in [6.45, 7) is 3.76. The number of fused-ring (bicyclic) bond motifs is 2. The first-order chi connectivity index (χ1) is 15.3. The molecule has 2 aromatic heterocycles. The highest BCUT2D eigenvalue weighted by molar-refractivity contribution is 5.82. The molecule has 0 N–H and O–H groups in total. The number of imidazole rings is 1. The molecule has 0 radical (unpaired) electrons. The molecule has 0 saturated heterocycles. The van der Waals surface area contributed by atoms with Gasteiger partial charge in [-0.2, -0.15) is 17.7 Å². The molecule has 32 heavy (non-hydrogen) atoms. The van der Waals surface area contributed by atoms with Crippen molar-refractivity contribution in [2.45, 2.75) is 20.0 Å². The number of alkyl halides is 3. The van der Waals surface area contributed by atoms with Gasteiger partial charge in [-0.25, -0.2) is 4.98 Å². The maximum atomic E-state index is 14.0. The van der Waals surface area contributed by atoms with Gasteiger partial charge < -0.3 is 4.57 Å². The quantitative estimate of drug-likeness (QED) is 0.300. The van der Waals surface area contributed by atoms with E-state index in [0.29, 0.717) is 17.1 Å². The second kappa shape index (κ2) is 7.19. The van der Waals surface area contributed by atoms with Crippen LogP contribution in [-0.2, 0) is 13.2 Å². The van der Waals surface area contributed by atoms with Crippen LogP contribution in [0.2, 0.25) is 0 Å². The van der Waals surface area contributed by atoms with Crippen molar-refractivity contribution in [1.82, 2.24) is 9.55 Å². The van der Waals surface area contributed by atoms with Crippen LogP contribution in [0.1, 0.15) is 16.8 Å². The molecule has 0 unspecified atom stereocenters. The van der Waals surface area contributed by atoms with Gasteiger partial charge in [0.15, 0.2) is 5.69 Å². The molecule has 2 heterocycles. The van der Waals surface area contributed by atoms with Crippen LogP contribution < -0.4 is 4.57 Å². The van der Waals surface area contributed by atoms with Gasteiger partial charge in [0.2, 0.25) is 11.2 Å². The van der Waals surface area contributed by atoms with Gasteiger partial charge in [0.05, 0.1) is 16.6 Å². The number of rotatable bonds is 2. The number of pyridine rings is 1. The normalized spacial score (nSPS) is 12.1. The highest BCUT2D eigenvalue weighted by Gasteiger charge is 2.35. The van der Waals surface area contributed by atoms with Crippen molar-refractivity contribution in [1.29, 1.82) is 0 Å². The lowest BCUT2D eigenvalue weighted by Gasteiger charge is -2.15. The van der Waals surface area contributed by atoms with Gasteiger partial charge in [-0.05, 0) is 37.3 Å². The minimum atomic E-state index is -4.49. The lowest BCUT2D eigenvalue weighted by molar-refractivity contribution is -0.575. The van der Waals surface area contributed by atoms with E-state index in [1.807, 2.05) is 90.7 Å². The molecule has 0 amide bonds. The van der Waals surface area contributed by atoms with Gasteiger partial charge in [-0.15, -0.1) is 0 Å². The largest absolute Gasteiger partial charge is 0.416 e. The Balaban J connectivity index is 1.88. The molecule has 5 rings (SSSR count). The Labute approximate surface area is 183 Å². The van der Waals surface area contributed by atoms with E-state index in [0.717, 1.165) is 33.2 Å². The molecule has 160 valence electrons. The van der Waals surface area contributed by atoms with Gasteiger partial charge in [-0.3, -0.25) is 0 Å². The van der Waals surface area contributed by atoms with Gasteiger partial charge in [-0.1, -0.05) is 24.3 Å². The molecule has 3 aromatic carbocycles. The molecule has 0 aliphatic heterocycles. The summed E-state index contributed by atoms with van der Waals surface area (Å²) in [6, 6.07) is 21.6. The van der Waals surface area contributed by atoms with Crippen molar-refractivity contribution in [3.05, 3.63) is 89.6 Å². The van der Waals surface area contributed by atoms with Gasteiger partial charge in [0.1, 0.15) is 5.82 Å². The van der Waals surface area contributed by atoms with E-state index in [-0.39, 0.29) is 0 Å². The SMILES string of the molecule is Cc1c(-c2nc3ccccc3n2C)cc(C(F)(F)F)cc1-[n+]1c(C)ccc2ccccc21. The topological polar surface area (TPSA) is 21.7 Å². The predicted octanol–water partition coefficient (Wildman–Crippen LogP) is 6.31. The first kappa shape index (κ1) is 20.2. The predicted molar refractivity (Wildman–Crippen MR) is 120 cm³/mol. The minimum Gasteiger partial charge on any atom is -0.327 e. The standard InChI is InChI=1S/C26H21F3N3/c1-16-12-13-18-8-4-6-10-22(18)32(16)24-15-19(26(27,28)29)14-20(17(24)2)25-30-21-9-5-7-11-23(21)31(25)3/h4-15H,1-3H3/q+1. The lowest BCUT2D eigenvalue weighted by Crippen LogP contribution is -2.36. The van der Waals surface area contributed by atoms with Crippen LogP contribution in [0.3, 0.4) is 0 Å². The summed E-state index contributed by atoms with van der Waals surface area (Å²) in [7, 11) is 1.83. The third-order valence-corrected chi connectivity index (χ3v) is 6.01.